The largest absolute Gasteiger partial charge is 0.326 e. The molecule has 0 bridgehead atoms. The number of nitrogens with two attached hydrogens (primary N) is 1. The Morgan fingerprint density at radius 1 is 1.56 bits per heavy atom. The molecule has 1 aliphatic heterocycles. The summed E-state index contributed by atoms with van der Waals surface area (Å²) < 4.78 is 0. The smallest absolute Gasteiger partial charge is 0.240 e. The molecule has 16 heavy (non-hydrogen) atoms. The first kappa shape index (κ1) is 10.6. The molecule has 0 saturated heterocycles. The predicted molar refractivity (Wildman–Crippen MR) is 61.1 cm³/mol. The average Bonchev–Trinajstić information content (AvgIpc) is 2.57. The molecular formula is C11H13N3O2. The van der Waals surface area contributed by atoms with E-state index in [0.717, 1.165) is 11.3 Å². The van der Waals surface area contributed by atoms with Crippen LogP contribution in [0.4, 0.5) is 11.4 Å². The Bertz CT molecular complexity index is 455. The van der Waals surface area contributed by atoms with Crippen LogP contribution in [-0.4, -0.2) is 17.9 Å². The molecule has 0 fully saturated rings. The second-order valence-electron chi connectivity index (χ2n) is 3.87. The van der Waals surface area contributed by atoms with Crippen molar-refractivity contribution in [2.75, 3.05) is 10.6 Å². The zero-order chi connectivity index (χ0) is 11.7. The molecule has 0 aliphatic carbocycles. The molecule has 2 rings (SSSR count). The first-order chi connectivity index (χ1) is 7.56. The highest BCUT2D eigenvalue weighted by Crippen LogP contribution is 2.25. The Morgan fingerprint density at radius 2 is 2.31 bits per heavy atom. The van der Waals surface area contributed by atoms with Crippen molar-refractivity contribution >= 4 is 23.2 Å². The monoisotopic (exact) mass is 219 g/mol. The summed E-state index contributed by atoms with van der Waals surface area (Å²) in [6.07, 6.45) is 0.358. The van der Waals surface area contributed by atoms with Crippen LogP contribution in [0.3, 0.4) is 0 Å². The van der Waals surface area contributed by atoms with Crippen molar-refractivity contribution in [3.63, 3.8) is 0 Å². The van der Waals surface area contributed by atoms with Gasteiger partial charge in [0.1, 0.15) is 0 Å². The third-order valence-electron chi connectivity index (χ3n) is 2.41. The van der Waals surface area contributed by atoms with Crippen molar-refractivity contribution in [3.8, 4) is 0 Å². The summed E-state index contributed by atoms with van der Waals surface area (Å²) in [5.74, 6) is -0.261. The number of carbonyl (C=O) groups excluding carboxylic acids is 2. The molecule has 0 saturated carbocycles. The number of benzene rings is 1. The van der Waals surface area contributed by atoms with Crippen molar-refractivity contribution < 1.29 is 9.59 Å². The van der Waals surface area contributed by atoms with Crippen LogP contribution in [0.25, 0.3) is 0 Å². The van der Waals surface area contributed by atoms with E-state index >= 15 is 0 Å². The summed E-state index contributed by atoms with van der Waals surface area (Å²) in [5, 5.41) is 5.41. The number of rotatable bonds is 2. The number of hydrogen-bond acceptors (Lipinski definition) is 3. The van der Waals surface area contributed by atoms with E-state index < -0.39 is 6.04 Å². The molecular weight excluding hydrogens is 206 g/mol. The minimum absolute atomic E-state index is 0.0225. The predicted octanol–water partition coefficient (Wildman–Crippen LogP) is 0.467. The lowest BCUT2D eigenvalue weighted by Gasteiger charge is -2.08. The molecule has 0 aromatic heterocycles. The van der Waals surface area contributed by atoms with E-state index in [1.54, 1.807) is 25.1 Å². The van der Waals surface area contributed by atoms with Gasteiger partial charge in [-0.05, 0) is 30.7 Å². The normalized spacial score (nSPS) is 15.2. The van der Waals surface area contributed by atoms with Gasteiger partial charge >= 0.3 is 0 Å². The average molecular weight is 219 g/mol. The first-order valence-electron chi connectivity index (χ1n) is 5.05. The fourth-order valence-corrected chi connectivity index (χ4v) is 1.56. The van der Waals surface area contributed by atoms with Crippen LogP contribution in [0.5, 0.6) is 0 Å². The van der Waals surface area contributed by atoms with Gasteiger partial charge in [0.15, 0.2) is 0 Å². The summed E-state index contributed by atoms with van der Waals surface area (Å²) in [6.45, 7) is 1.62. The Labute approximate surface area is 93.0 Å². The summed E-state index contributed by atoms with van der Waals surface area (Å²) in [5.41, 5.74) is 7.81. The van der Waals surface area contributed by atoms with Crippen molar-refractivity contribution in [3.05, 3.63) is 23.8 Å². The van der Waals surface area contributed by atoms with E-state index in [1.165, 1.54) is 0 Å². The summed E-state index contributed by atoms with van der Waals surface area (Å²) in [7, 11) is 0. The highest BCUT2D eigenvalue weighted by Gasteiger charge is 2.18. The lowest BCUT2D eigenvalue weighted by molar-refractivity contribution is -0.117. The van der Waals surface area contributed by atoms with Gasteiger partial charge in [0.05, 0.1) is 12.5 Å². The van der Waals surface area contributed by atoms with Crippen LogP contribution >= 0.6 is 0 Å². The molecule has 5 nitrogen and oxygen atoms in total. The third kappa shape index (κ3) is 2.04. The highest BCUT2D eigenvalue weighted by atomic mass is 16.2. The Hall–Kier alpha value is -1.88. The van der Waals surface area contributed by atoms with Crippen LogP contribution in [0.2, 0.25) is 0 Å². The van der Waals surface area contributed by atoms with Gasteiger partial charge in [-0.25, -0.2) is 0 Å². The molecule has 1 aromatic carbocycles. The van der Waals surface area contributed by atoms with E-state index in [9.17, 15) is 9.59 Å². The van der Waals surface area contributed by atoms with Crippen molar-refractivity contribution in [2.45, 2.75) is 19.4 Å². The van der Waals surface area contributed by atoms with Gasteiger partial charge in [0.2, 0.25) is 11.8 Å². The molecule has 1 heterocycles. The van der Waals surface area contributed by atoms with Gasteiger partial charge < -0.3 is 16.4 Å². The van der Waals surface area contributed by atoms with Gasteiger partial charge in [0.25, 0.3) is 0 Å². The lowest BCUT2D eigenvalue weighted by Crippen LogP contribution is -2.32. The van der Waals surface area contributed by atoms with E-state index in [2.05, 4.69) is 10.6 Å². The standard InChI is InChI=1S/C11H13N3O2/c1-6(12)11(16)13-8-2-3-9-7(4-8)5-10(15)14-9/h2-4,6H,5,12H2,1H3,(H,13,16)(H,14,15). The summed E-state index contributed by atoms with van der Waals surface area (Å²) >= 11 is 0. The molecule has 1 atom stereocenters. The van der Waals surface area contributed by atoms with Crippen LogP contribution < -0.4 is 16.4 Å². The van der Waals surface area contributed by atoms with Crippen molar-refractivity contribution in [1.82, 2.24) is 0 Å². The quantitative estimate of drug-likeness (QED) is 0.675. The van der Waals surface area contributed by atoms with Crippen molar-refractivity contribution in [1.29, 1.82) is 0 Å². The van der Waals surface area contributed by atoms with Crippen LogP contribution in [0.15, 0.2) is 18.2 Å². The maximum atomic E-state index is 11.4. The molecule has 1 unspecified atom stereocenters. The van der Waals surface area contributed by atoms with Gasteiger partial charge in [-0.1, -0.05) is 0 Å². The zero-order valence-corrected chi connectivity index (χ0v) is 8.91. The molecule has 84 valence electrons. The van der Waals surface area contributed by atoms with Gasteiger partial charge in [-0.2, -0.15) is 0 Å². The topological polar surface area (TPSA) is 84.2 Å². The fourth-order valence-electron chi connectivity index (χ4n) is 1.56. The number of carbonyl (C=O) groups is 2. The van der Waals surface area contributed by atoms with Gasteiger partial charge in [-0.3, -0.25) is 9.59 Å². The van der Waals surface area contributed by atoms with Gasteiger partial charge in [0, 0.05) is 11.4 Å². The lowest BCUT2D eigenvalue weighted by atomic mass is 10.1. The maximum absolute atomic E-state index is 11.4. The number of amides is 2. The minimum atomic E-state index is -0.548. The molecule has 0 spiro atoms. The van der Waals surface area contributed by atoms with E-state index in [0.29, 0.717) is 12.1 Å². The van der Waals surface area contributed by atoms with Gasteiger partial charge in [-0.15, -0.1) is 0 Å². The number of nitrogens with one attached hydrogen (secondary N) is 2. The van der Waals surface area contributed by atoms with E-state index in [-0.39, 0.29) is 11.8 Å². The zero-order valence-electron chi connectivity index (χ0n) is 8.91. The summed E-state index contributed by atoms with van der Waals surface area (Å²) in [4.78, 5) is 22.5. The second kappa shape index (κ2) is 3.94. The fraction of sp³-hybridized carbons (Fsp3) is 0.273. The number of fused-ring (bicyclic) bond motifs is 1. The van der Waals surface area contributed by atoms with Crippen LogP contribution in [0, 0.1) is 0 Å². The number of hydrogen-bond donors (Lipinski definition) is 3. The number of anilines is 2. The second-order valence-corrected chi connectivity index (χ2v) is 3.87. The molecule has 1 aliphatic rings. The van der Waals surface area contributed by atoms with Crippen LogP contribution in [-0.2, 0) is 16.0 Å². The summed E-state index contributed by atoms with van der Waals surface area (Å²) in [6, 6.07) is 4.75. The SMILES string of the molecule is CC(N)C(=O)Nc1ccc2c(c1)CC(=O)N2. The maximum Gasteiger partial charge on any atom is 0.240 e. The van der Waals surface area contributed by atoms with E-state index in [1.807, 2.05) is 0 Å². The van der Waals surface area contributed by atoms with E-state index in [4.69, 9.17) is 5.73 Å². The molecule has 0 radical (unpaired) electrons. The highest BCUT2D eigenvalue weighted by molar-refractivity contribution is 6.00. The third-order valence-corrected chi connectivity index (χ3v) is 2.41. The Kier molecular flexibility index (Phi) is 2.62. The molecule has 4 N–H and O–H groups in total. The van der Waals surface area contributed by atoms with Crippen molar-refractivity contribution in [2.24, 2.45) is 5.73 Å². The molecule has 1 aromatic rings. The van der Waals surface area contributed by atoms with Crippen LogP contribution in [0.1, 0.15) is 12.5 Å². The molecule has 5 heteroatoms. The Balaban J connectivity index is 2.17. The molecule has 2 amide bonds. The first-order valence-corrected chi connectivity index (χ1v) is 5.05. The minimum Gasteiger partial charge on any atom is -0.326 e. The Morgan fingerprint density at radius 3 is 3.00 bits per heavy atom.